The number of carbonyl (C=O) groups is 2. The first-order valence-corrected chi connectivity index (χ1v) is 13.7. The van der Waals surface area contributed by atoms with E-state index in [0.29, 0.717) is 52.2 Å². The van der Waals surface area contributed by atoms with E-state index in [4.69, 9.17) is 14.0 Å². The van der Waals surface area contributed by atoms with Gasteiger partial charge in [-0.3, -0.25) is 28.9 Å². The van der Waals surface area contributed by atoms with Crippen LogP contribution in [0.1, 0.15) is 48.5 Å². The van der Waals surface area contributed by atoms with Gasteiger partial charge in [0, 0.05) is 45.9 Å². The number of esters is 2. The summed E-state index contributed by atoms with van der Waals surface area (Å²) < 4.78 is 29.2. The molecule has 9 nitrogen and oxygen atoms in total. The van der Waals surface area contributed by atoms with Crippen molar-refractivity contribution in [3.8, 4) is 0 Å². The zero-order chi connectivity index (χ0) is 24.6. The largest absolute Gasteiger partial charge is 0.459 e. The van der Waals surface area contributed by atoms with Crippen LogP contribution in [0.3, 0.4) is 0 Å². The highest BCUT2D eigenvalue weighted by Crippen LogP contribution is 2.42. The molecule has 0 bridgehead atoms. The smallest absolute Gasteiger partial charge is 0.320 e. The second-order valence-electron chi connectivity index (χ2n) is 10.4. The lowest BCUT2D eigenvalue weighted by atomic mass is 10.2. The summed E-state index contributed by atoms with van der Waals surface area (Å²) in [6, 6.07) is 0. The Balaban J connectivity index is 2.89. The molecule has 0 saturated carbocycles. The van der Waals surface area contributed by atoms with Crippen LogP contribution in [0.15, 0.2) is 0 Å². The summed E-state index contributed by atoms with van der Waals surface area (Å²) in [6.45, 7) is 19.1. The van der Waals surface area contributed by atoms with Gasteiger partial charge < -0.3 is 14.0 Å². The first kappa shape index (κ1) is 29.0. The highest BCUT2D eigenvalue weighted by molar-refractivity contribution is 7.58. The Morgan fingerprint density at radius 1 is 0.750 bits per heavy atom. The number of hydrogen-bond acceptors (Lipinski definition) is 9. The monoisotopic (exact) mass is 477 g/mol. The van der Waals surface area contributed by atoms with Gasteiger partial charge in [0.15, 0.2) is 0 Å². The van der Waals surface area contributed by atoms with Crippen LogP contribution < -0.4 is 0 Å². The first-order chi connectivity index (χ1) is 14.6. The second kappa shape index (κ2) is 12.5. The Labute approximate surface area is 194 Å². The maximum Gasteiger partial charge on any atom is 0.320 e. The summed E-state index contributed by atoms with van der Waals surface area (Å²) in [5.74, 6) is -0.560. The van der Waals surface area contributed by atoms with Gasteiger partial charge in [0.2, 0.25) is 7.37 Å². The minimum Gasteiger partial charge on any atom is -0.459 e. The molecular weight excluding hydrogens is 433 g/mol. The van der Waals surface area contributed by atoms with Crippen molar-refractivity contribution in [1.29, 1.82) is 0 Å². The first-order valence-electron chi connectivity index (χ1n) is 11.4. The number of carbonyl (C=O) groups excluding carboxylic acids is 2. The van der Waals surface area contributed by atoms with Gasteiger partial charge in [-0.2, -0.15) is 0 Å². The van der Waals surface area contributed by atoms with Crippen LogP contribution >= 0.6 is 7.37 Å². The Kier molecular flexibility index (Phi) is 11.3. The minimum absolute atomic E-state index is 0.167. The zero-order valence-corrected chi connectivity index (χ0v) is 22.2. The fraction of sp³-hybridized carbons (Fsp3) is 0.909. The molecule has 1 rings (SSSR count). The lowest BCUT2D eigenvalue weighted by Crippen LogP contribution is -2.42. The number of nitrogens with zero attached hydrogens (tertiary/aromatic N) is 3. The van der Waals surface area contributed by atoms with Gasteiger partial charge in [0.1, 0.15) is 11.2 Å². The highest BCUT2D eigenvalue weighted by Gasteiger charge is 2.26. The minimum atomic E-state index is -2.75. The van der Waals surface area contributed by atoms with Crippen molar-refractivity contribution in [2.45, 2.75) is 59.7 Å². The van der Waals surface area contributed by atoms with Crippen LogP contribution in [-0.2, 0) is 28.2 Å². The summed E-state index contributed by atoms with van der Waals surface area (Å²) in [5.41, 5.74) is -1.09. The molecule has 1 atom stereocenters. The summed E-state index contributed by atoms with van der Waals surface area (Å²) in [5, 5.41) is 0. The molecule has 0 amide bonds. The summed E-state index contributed by atoms with van der Waals surface area (Å²) in [6.07, 6.45) is 0.335. The van der Waals surface area contributed by atoms with E-state index in [1.54, 1.807) is 6.66 Å². The van der Waals surface area contributed by atoms with Gasteiger partial charge in [-0.15, -0.1) is 0 Å². The normalized spacial score (nSPS) is 20.0. The number of ether oxygens (including phenoxy) is 2. The molecule has 0 N–H and O–H groups in total. The van der Waals surface area contributed by atoms with Crippen molar-refractivity contribution in [1.82, 2.24) is 14.7 Å². The third-order valence-corrected chi connectivity index (χ3v) is 6.32. The van der Waals surface area contributed by atoms with E-state index in [1.165, 1.54) is 0 Å². The van der Waals surface area contributed by atoms with Gasteiger partial charge in [-0.1, -0.05) is 0 Å². The molecule has 1 heterocycles. The third kappa shape index (κ3) is 13.5. The van der Waals surface area contributed by atoms with E-state index in [1.807, 2.05) is 58.3 Å². The van der Waals surface area contributed by atoms with E-state index < -0.39 is 18.6 Å². The molecular formula is C22H44N3O6P. The fourth-order valence-electron chi connectivity index (χ4n) is 3.43. The predicted octanol–water partition coefficient (Wildman–Crippen LogP) is 2.49. The van der Waals surface area contributed by atoms with Gasteiger partial charge in [-0.25, -0.2) is 0 Å². The molecule has 0 spiro atoms. The van der Waals surface area contributed by atoms with Crippen molar-refractivity contribution in [2.75, 3.05) is 71.9 Å². The maximum atomic E-state index is 12.8. The molecule has 10 heteroatoms. The van der Waals surface area contributed by atoms with E-state index in [0.717, 1.165) is 0 Å². The second-order valence-corrected chi connectivity index (χ2v) is 13.0. The molecule has 0 aliphatic carbocycles. The fourth-order valence-corrected chi connectivity index (χ4v) is 5.07. The number of hydrogen-bond donors (Lipinski definition) is 0. The Hall–Kier alpha value is -0.990. The van der Waals surface area contributed by atoms with Crippen LogP contribution in [-0.4, -0.2) is 110 Å². The van der Waals surface area contributed by atoms with E-state index in [2.05, 4.69) is 4.90 Å². The predicted molar refractivity (Wildman–Crippen MR) is 126 cm³/mol. The highest BCUT2D eigenvalue weighted by atomic mass is 31.2. The summed E-state index contributed by atoms with van der Waals surface area (Å²) in [7, 11) is -2.75. The average Bonchev–Trinajstić information content (AvgIpc) is 2.64. The molecule has 1 fully saturated rings. The standard InChI is InChI=1S/C22H44N3O6P/c1-9-29-32(8,28)18-25-14-12-23(16-19(26)30-21(2,3)4)10-11-24(13-15-25)17-20(27)31-22(5,6)7/h9-18H2,1-8H3. The molecule has 0 aromatic rings. The topological polar surface area (TPSA) is 88.6 Å². The van der Waals surface area contributed by atoms with Gasteiger partial charge in [0.25, 0.3) is 0 Å². The van der Waals surface area contributed by atoms with Crippen LogP contribution in [0.4, 0.5) is 0 Å². The number of rotatable bonds is 8. The van der Waals surface area contributed by atoms with Crippen molar-refractivity contribution < 1.29 is 28.2 Å². The molecule has 0 aromatic heterocycles. The molecule has 1 aliphatic heterocycles. The van der Waals surface area contributed by atoms with E-state index in [9.17, 15) is 14.2 Å². The molecule has 0 radical (unpaired) electrons. The van der Waals surface area contributed by atoms with Gasteiger partial charge in [-0.05, 0) is 48.5 Å². The molecule has 1 saturated heterocycles. The molecule has 0 aromatic carbocycles. The molecule has 1 aliphatic rings. The molecule has 32 heavy (non-hydrogen) atoms. The maximum absolute atomic E-state index is 12.8. The van der Waals surface area contributed by atoms with E-state index >= 15 is 0 Å². The van der Waals surface area contributed by atoms with Gasteiger partial charge >= 0.3 is 11.9 Å². The van der Waals surface area contributed by atoms with E-state index in [-0.39, 0.29) is 25.0 Å². The van der Waals surface area contributed by atoms with Crippen LogP contribution in [0, 0.1) is 0 Å². The van der Waals surface area contributed by atoms with Crippen molar-refractivity contribution >= 4 is 19.3 Å². The SMILES string of the molecule is CCOP(C)(=O)CN1CCN(CC(=O)OC(C)(C)C)CCN(CC(=O)OC(C)(C)C)CC1. The summed E-state index contributed by atoms with van der Waals surface area (Å²) in [4.78, 5) is 30.9. The lowest BCUT2D eigenvalue weighted by molar-refractivity contribution is -0.158. The lowest BCUT2D eigenvalue weighted by Gasteiger charge is -2.28. The van der Waals surface area contributed by atoms with Crippen LogP contribution in [0.2, 0.25) is 0 Å². The quantitative estimate of drug-likeness (QED) is 0.386. The van der Waals surface area contributed by atoms with Crippen LogP contribution in [0.25, 0.3) is 0 Å². The Bertz CT molecular complexity index is 617. The Morgan fingerprint density at radius 2 is 1.09 bits per heavy atom. The molecule has 188 valence electrons. The van der Waals surface area contributed by atoms with Crippen molar-refractivity contribution in [3.63, 3.8) is 0 Å². The zero-order valence-electron chi connectivity index (χ0n) is 21.3. The third-order valence-electron chi connectivity index (χ3n) is 4.60. The average molecular weight is 478 g/mol. The van der Waals surface area contributed by atoms with Crippen molar-refractivity contribution in [2.24, 2.45) is 0 Å². The van der Waals surface area contributed by atoms with Crippen LogP contribution in [0.5, 0.6) is 0 Å². The molecule has 1 unspecified atom stereocenters. The van der Waals surface area contributed by atoms with Crippen molar-refractivity contribution in [3.05, 3.63) is 0 Å². The van der Waals surface area contributed by atoms with Gasteiger partial charge in [0.05, 0.1) is 26.0 Å². The summed E-state index contributed by atoms with van der Waals surface area (Å²) >= 11 is 0. The Morgan fingerprint density at radius 3 is 1.41 bits per heavy atom.